The second-order valence-corrected chi connectivity index (χ2v) is 6.96. The van der Waals surface area contributed by atoms with Crippen LogP contribution in [0, 0.1) is 5.92 Å². The lowest BCUT2D eigenvalue weighted by Gasteiger charge is -2.21. The van der Waals surface area contributed by atoms with Crippen molar-refractivity contribution >= 4 is 11.9 Å². The molecule has 0 aliphatic heterocycles. The number of rotatable bonds is 4. The molecule has 2 fully saturated rings. The Labute approximate surface area is 136 Å². The van der Waals surface area contributed by atoms with E-state index in [1.54, 1.807) is 10.9 Å². The Morgan fingerprint density at radius 3 is 2.61 bits per heavy atom. The number of aromatic nitrogens is 2. The number of nitrogens with one attached hydrogen (secondary N) is 1. The maximum atomic E-state index is 12.6. The number of nitrogens with zero attached hydrogens (tertiary/aromatic N) is 2. The maximum absolute atomic E-state index is 12.6. The fourth-order valence-electron chi connectivity index (χ4n) is 3.96. The van der Waals surface area contributed by atoms with Gasteiger partial charge in [0.25, 0.3) is 5.91 Å². The second kappa shape index (κ2) is 6.72. The van der Waals surface area contributed by atoms with Gasteiger partial charge in [-0.15, -0.1) is 0 Å². The van der Waals surface area contributed by atoms with Gasteiger partial charge >= 0.3 is 5.97 Å². The monoisotopic (exact) mass is 319 g/mol. The van der Waals surface area contributed by atoms with Crippen molar-refractivity contribution in [3.05, 3.63) is 17.5 Å². The highest BCUT2D eigenvalue weighted by Crippen LogP contribution is 2.33. The van der Waals surface area contributed by atoms with Crippen LogP contribution in [0.1, 0.15) is 73.3 Å². The standard InChI is InChI=1S/C17H25N3O3/c1-20-10-14(15(19-20)11-5-3-2-4-6-11)16(21)18-13-8-7-12(9-13)17(22)23/h10-13H,2-9H2,1H3,(H,18,21)(H,22,23)/t12-,13+/m1/s1. The third kappa shape index (κ3) is 3.57. The van der Waals surface area contributed by atoms with E-state index in [-0.39, 0.29) is 17.9 Å². The van der Waals surface area contributed by atoms with E-state index in [1.807, 2.05) is 7.05 Å². The molecule has 23 heavy (non-hydrogen) atoms. The van der Waals surface area contributed by atoms with Gasteiger partial charge < -0.3 is 10.4 Å². The van der Waals surface area contributed by atoms with Gasteiger partial charge in [-0.2, -0.15) is 5.10 Å². The van der Waals surface area contributed by atoms with Crippen LogP contribution in [0.4, 0.5) is 0 Å². The number of carbonyl (C=O) groups is 2. The molecule has 3 rings (SSSR count). The molecule has 0 radical (unpaired) electrons. The molecule has 0 saturated heterocycles. The van der Waals surface area contributed by atoms with E-state index in [0.717, 1.165) is 25.0 Å². The quantitative estimate of drug-likeness (QED) is 0.893. The number of amides is 1. The molecule has 0 unspecified atom stereocenters. The minimum atomic E-state index is -0.758. The first-order chi connectivity index (χ1) is 11.0. The lowest BCUT2D eigenvalue weighted by molar-refractivity contribution is -0.141. The Balaban J connectivity index is 1.69. The normalized spacial score (nSPS) is 25.4. The molecule has 1 aromatic rings. The van der Waals surface area contributed by atoms with Crippen molar-refractivity contribution in [2.75, 3.05) is 0 Å². The Morgan fingerprint density at radius 1 is 1.22 bits per heavy atom. The third-order valence-electron chi connectivity index (χ3n) is 5.21. The topological polar surface area (TPSA) is 84.2 Å². The van der Waals surface area contributed by atoms with Crippen LogP contribution in [-0.2, 0) is 11.8 Å². The zero-order chi connectivity index (χ0) is 16.4. The summed E-state index contributed by atoms with van der Waals surface area (Å²) >= 11 is 0. The first-order valence-corrected chi connectivity index (χ1v) is 8.62. The fourth-order valence-corrected chi connectivity index (χ4v) is 3.96. The summed E-state index contributed by atoms with van der Waals surface area (Å²) in [6, 6.07) is -0.0389. The predicted molar refractivity (Wildman–Crippen MR) is 85.3 cm³/mol. The third-order valence-corrected chi connectivity index (χ3v) is 5.21. The number of hydrogen-bond acceptors (Lipinski definition) is 3. The lowest BCUT2D eigenvalue weighted by Crippen LogP contribution is -2.34. The summed E-state index contributed by atoms with van der Waals surface area (Å²) in [7, 11) is 1.85. The molecule has 1 aromatic heterocycles. The Kier molecular flexibility index (Phi) is 4.68. The van der Waals surface area contributed by atoms with Gasteiger partial charge in [0.15, 0.2) is 0 Å². The minimum absolute atomic E-state index is 0.0389. The van der Waals surface area contributed by atoms with Gasteiger partial charge in [0.05, 0.1) is 17.2 Å². The summed E-state index contributed by atoms with van der Waals surface area (Å²) < 4.78 is 1.72. The van der Waals surface area contributed by atoms with E-state index in [0.29, 0.717) is 24.3 Å². The summed E-state index contributed by atoms with van der Waals surface area (Å²) in [5, 5.41) is 16.6. The molecule has 2 aliphatic rings. The molecule has 1 heterocycles. The Morgan fingerprint density at radius 2 is 1.96 bits per heavy atom. The summed E-state index contributed by atoms with van der Waals surface area (Å²) in [4.78, 5) is 23.7. The van der Waals surface area contributed by atoms with Crippen LogP contribution in [0.25, 0.3) is 0 Å². The van der Waals surface area contributed by atoms with E-state index in [4.69, 9.17) is 5.11 Å². The van der Waals surface area contributed by atoms with Crippen molar-refractivity contribution in [2.45, 2.75) is 63.3 Å². The number of carbonyl (C=O) groups excluding carboxylic acids is 1. The average molecular weight is 319 g/mol. The van der Waals surface area contributed by atoms with Crippen molar-refractivity contribution in [1.82, 2.24) is 15.1 Å². The number of carboxylic acid groups (broad SMARTS) is 1. The highest BCUT2D eigenvalue weighted by Gasteiger charge is 2.32. The predicted octanol–water partition coefficient (Wildman–Crippen LogP) is 2.45. The van der Waals surface area contributed by atoms with Crippen LogP contribution in [0.3, 0.4) is 0 Å². The van der Waals surface area contributed by atoms with Gasteiger partial charge in [0, 0.05) is 25.2 Å². The van der Waals surface area contributed by atoms with Gasteiger partial charge in [-0.3, -0.25) is 14.3 Å². The molecule has 2 atom stereocenters. The maximum Gasteiger partial charge on any atom is 0.306 e. The number of aliphatic carboxylic acids is 1. The minimum Gasteiger partial charge on any atom is -0.481 e. The molecule has 2 aliphatic carbocycles. The van der Waals surface area contributed by atoms with Crippen LogP contribution < -0.4 is 5.32 Å². The highest BCUT2D eigenvalue weighted by atomic mass is 16.4. The number of hydrogen-bond donors (Lipinski definition) is 2. The van der Waals surface area contributed by atoms with E-state index >= 15 is 0 Å². The van der Waals surface area contributed by atoms with Gasteiger partial charge in [-0.25, -0.2) is 0 Å². The van der Waals surface area contributed by atoms with Crippen molar-refractivity contribution in [1.29, 1.82) is 0 Å². The van der Waals surface area contributed by atoms with Gasteiger partial charge in [0.2, 0.25) is 0 Å². The molecule has 2 N–H and O–H groups in total. The van der Waals surface area contributed by atoms with Crippen molar-refractivity contribution < 1.29 is 14.7 Å². The summed E-state index contributed by atoms with van der Waals surface area (Å²) in [6.45, 7) is 0. The number of aryl methyl sites for hydroxylation is 1. The van der Waals surface area contributed by atoms with Gasteiger partial charge in [0.1, 0.15) is 0 Å². The Bertz CT molecular complexity index is 590. The fraction of sp³-hybridized carbons (Fsp3) is 0.706. The number of carboxylic acids is 1. The summed E-state index contributed by atoms with van der Waals surface area (Å²) in [5.41, 5.74) is 1.58. The molecule has 2 saturated carbocycles. The molecule has 0 spiro atoms. The van der Waals surface area contributed by atoms with Crippen LogP contribution in [0.2, 0.25) is 0 Å². The van der Waals surface area contributed by atoms with Crippen LogP contribution in [-0.4, -0.2) is 32.8 Å². The van der Waals surface area contributed by atoms with Crippen LogP contribution in [0.5, 0.6) is 0 Å². The van der Waals surface area contributed by atoms with Gasteiger partial charge in [-0.05, 0) is 32.1 Å². The van der Waals surface area contributed by atoms with Crippen molar-refractivity contribution in [3.63, 3.8) is 0 Å². The first-order valence-electron chi connectivity index (χ1n) is 8.62. The molecular weight excluding hydrogens is 294 g/mol. The van der Waals surface area contributed by atoms with E-state index in [9.17, 15) is 9.59 Å². The summed E-state index contributed by atoms with van der Waals surface area (Å²) in [5.74, 6) is -0.811. The average Bonchev–Trinajstić information content (AvgIpc) is 3.15. The molecular formula is C17H25N3O3. The molecule has 1 amide bonds. The lowest BCUT2D eigenvalue weighted by atomic mass is 9.85. The van der Waals surface area contributed by atoms with Gasteiger partial charge in [-0.1, -0.05) is 19.3 Å². The summed E-state index contributed by atoms with van der Waals surface area (Å²) in [6.07, 6.45) is 9.57. The first kappa shape index (κ1) is 16.0. The largest absolute Gasteiger partial charge is 0.481 e. The zero-order valence-electron chi connectivity index (χ0n) is 13.6. The molecule has 6 heteroatoms. The molecule has 0 aromatic carbocycles. The second-order valence-electron chi connectivity index (χ2n) is 6.96. The molecule has 126 valence electrons. The highest BCUT2D eigenvalue weighted by molar-refractivity contribution is 5.95. The SMILES string of the molecule is Cn1cc(C(=O)N[C@H]2CC[C@@H](C(=O)O)C2)c(C2CCCCC2)n1. The van der Waals surface area contributed by atoms with E-state index in [1.165, 1.54) is 19.3 Å². The smallest absolute Gasteiger partial charge is 0.306 e. The van der Waals surface area contributed by atoms with Crippen molar-refractivity contribution in [2.24, 2.45) is 13.0 Å². The van der Waals surface area contributed by atoms with E-state index in [2.05, 4.69) is 10.4 Å². The zero-order valence-corrected chi connectivity index (χ0v) is 13.6. The Hall–Kier alpha value is -1.85. The molecule has 0 bridgehead atoms. The van der Waals surface area contributed by atoms with Crippen LogP contribution in [0.15, 0.2) is 6.20 Å². The van der Waals surface area contributed by atoms with Crippen molar-refractivity contribution in [3.8, 4) is 0 Å². The van der Waals surface area contributed by atoms with Crippen LogP contribution >= 0.6 is 0 Å². The molecule has 6 nitrogen and oxygen atoms in total. The van der Waals surface area contributed by atoms with E-state index < -0.39 is 5.97 Å².